The smallest absolute Gasteiger partial charge is 0.239 e. The highest BCUT2D eigenvalue weighted by atomic mass is 35.5. The molecule has 0 spiro atoms. The topological polar surface area (TPSA) is 72.2 Å². The van der Waals surface area contributed by atoms with Crippen molar-refractivity contribution >= 4 is 21.6 Å². The number of nitrogens with one attached hydrogen (secondary N) is 1. The molecule has 0 aromatic heterocycles. The van der Waals surface area contributed by atoms with Crippen molar-refractivity contribution in [3.8, 4) is 0 Å². The average Bonchev–Trinajstić information content (AvgIpc) is 3.18. The molecule has 0 radical (unpaired) electrons. The Morgan fingerprint density at radius 1 is 1.21 bits per heavy atom. The van der Waals surface area contributed by atoms with Gasteiger partial charge >= 0.3 is 0 Å². The monoisotopic (exact) mass is 368 g/mol. The van der Waals surface area contributed by atoms with Crippen molar-refractivity contribution < 1.29 is 8.42 Å². The van der Waals surface area contributed by atoms with E-state index in [1.807, 2.05) is 6.07 Å². The van der Waals surface area contributed by atoms with Gasteiger partial charge in [-0.3, -0.25) is 0 Å². The molecule has 3 aliphatic rings. The maximum Gasteiger partial charge on any atom is 0.239 e. The Hall–Kier alpha value is -0.620. The number of rotatable bonds is 4. The highest BCUT2D eigenvalue weighted by molar-refractivity contribution is 7.89. The summed E-state index contributed by atoms with van der Waals surface area (Å²) in [5, 5.41) is 9.21. The van der Waals surface area contributed by atoms with Gasteiger partial charge in [-0.05, 0) is 74.0 Å². The van der Waals surface area contributed by atoms with E-state index < -0.39 is 10.0 Å². The van der Waals surface area contributed by atoms with Crippen LogP contribution < -0.4 is 10.5 Å². The molecular formula is C18H25ClN2O2S. The first-order chi connectivity index (χ1) is 11.3. The van der Waals surface area contributed by atoms with Crippen LogP contribution in [0.15, 0.2) is 23.1 Å². The third-order valence-electron chi connectivity index (χ3n) is 6.65. The van der Waals surface area contributed by atoms with Crippen LogP contribution in [0.3, 0.4) is 0 Å². The predicted octanol–water partition coefficient (Wildman–Crippen LogP) is 3.46. The Bertz CT molecular complexity index is 751. The molecule has 1 aromatic rings. The summed E-state index contributed by atoms with van der Waals surface area (Å²) in [4.78, 5) is 0.0131. The largest absolute Gasteiger partial charge is 0.307 e. The number of nitrogens with two attached hydrogens (primary N) is 1. The summed E-state index contributed by atoms with van der Waals surface area (Å²) in [6.45, 7) is 2.09. The van der Waals surface area contributed by atoms with Crippen LogP contribution in [-0.2, 0) is 10.0 Å². The van der Waals surface area contributed by atoms with Gasteiger partial charge in [0.25, 0.3) is 0 Å². The first kappa shape index (κ1) is 16.8. The summed E-state index contributed by atoms with van der Waals surface area (Å²) in [5.74, 6) is 3.60. The fraction of sp³-hybridized carbons (Fsp3) is 0.667. The van der Waals surface area contributed by atoms with E-state index in [2.05, 4.69) is 12.2 Å². The van der Waals surface area contributed by atoms with Crippen LogP contribution in [0.25, 0.3) is 0 Å². The van der Waals surface area contributed by atoms with E-state index in [0.29, 0.717) is 6.04 Å². The molecule has 3 saturated carbocycles. The zero-order chi connectivity index (χ0) is 17.1. The number of primary sulfonamides is 1. The van der Waals surface area contributed by atoms with Crippen LogP contribution in [-0.4, -0.2) is 14.5 Å². The van der Waals surface area contributed by atoms with Gasteiger partial charge < -0.3 is 5.32 Å². The molecule has 0 saturated heterocycles. The molecule has 6 atom stereocenters. The number of hydrogen-bond acceptors (Lipinski definition) is 3. The van der Waals surface area contributed by atoms with Crippen LogP contribution in [0.4, 0.5) is 0 Å². The van der Waals surface area contributed by atoms with E-state index in [4.69, 9.17) is 16.7 Å². The lowest BCUT2D eigenvalue weighted by Gasteiger charge is -2.34. The van der Waals surface area contributed by atoms with Crippen molar-refractivity contribution in [3.05, 3.63) is 28.8 Å². The number of halogens is 1. The van der Waals surface area contributed by atoms with Gasteiger partial charge in [-0.25, -0.2) is 13.6 Å². The SMILES string of the molecule is CC(N[C@@H]1CC2CC1[C@@H]1CCC[C@H]21)c1ccc(Cl)c(S(N)(=O)=O)c1. The molecule has 3 unspecified atom stereocenters. The summed E-state index contributed by atoms with van der Waals surface area (Å²) in [5.41, 5.74) is 0.925. The Morgan fingerprint density at radius 3 is 2.71 bits per heavy atom. The van der Waals surface area contributed by atoms with Gasteiger partial charge in [0.2, 0.25) is 10.0 Å². The zero-order valence-electron chi connectivity index (χ0n) is 13.9. The highest BCUT2D eigenvalue weighted by Gasteiger charge is 2.53. The maximum atomic E-state index is 11.7. The fourth-order valence-corrected chi connectivity index (χ4v) is 6.76. The van der Waals surface area contributed by atoms with Crippen LogP contribution in [0.5, 0.6) is 0 Å². The molecule has 3 fully saturated rings. The Morgan fingerprint density at radius 2 is 1.96 bits per heavy atom. The van der Waals surface area contributed by atoms with E-state index in [1.54, 1.807) is 12.1 Å². The van der Waals surface area contributed by atoms with E-state index in [0.717, 1.165) is 29.2 Å². The van der Waals surface area contributed by atoms with Gasteiger partial charge in [0.1, 0.15) is 4.90 Å². The third kappa shape index (κ3) is 2.79. The molecule has 1 aromatic carbocycles. The van der Waals surface area contributed by atoms with E-state index in [1.165, 1.54) is 32.1 Å². The fourth-order valence-electron chi connectivity index (χ4n) is 5.68. The van der Waals surface area contributed by atoms with Crippen molar-refractivity contribution in [3.63, 3.8) is 0 Å². The molecule has 24 heavy (non-hydrogen) atoms. The lowest BCUT2D eigenvalue weighted by Crippen LogP contribution is -2.40. The molecular weight excluding hydrogens is 344 g/mol. The van der Waals surface area contributed by atoms with Crippen molar-refractivity contribution in [1.29, 1.82) is 0 Å². The Labute approximate surface area is 149 Å². The minimum absolute atomic E-state index is 0.0131. The summed E-state index contributed by atoms with van der Waals surface area (Å²) in [6, 6.07) is 5.77. The minimum Gasteiger partial charge on any atom is -0.307 e. The average molecular weight is 369 g/mol. The van der Waals surface area contributed by atoms with Crippen LogP contribution in [0, 0.1) is 23.7 Å². The van der Waals surface area contributed by atoms with Gasteiger partial charge in [-0.2, -0.15) is 0 Å². The van der Waals surface area contributed by atoms with Gasteiger partial charge in [-0.15, -0.1) is 0 Å². The number of fused-ring (bicyclic) bond motifs is 5. The predicted molar refractivity (Wildman–Crippen MR) is 95.2 cm³/mol. The molecule has 4 nitrogen and oxygen atoms in total. The number of benzene rings is 1. The molecule has 3 aliphatic carbocycles. The summed E-state index contributed by atoms with van der Waals surface area (Å²) >= 11 is 5.99. The Balaban J connectivity index is 1.50. The molecule has 6 heteroatoms. The van der Waals surface area contributed by atoms with Crippen LogP contribution in [0.1, 0.15) is 50.6 Å². The summed E-state index contributed by atoms with van der Waals surface area (Å²) in [7, 11) is -3.80. The van der Waals surface area contributed by atoms with Crippen molar-refractivity contribution in [2.75, 3.05) is 0 Å². The molecule has 0 aliphatic heterocycles. The minimum atomic E-state index is -3.80. The normalized spacial score (nSPS) is 36.0. The molecule has 0 heterocycles. The highest BCUT2D eigenvalue weighted by Crippen LogP contribution is 2.58. The second-order valence-electron chi connectivity index (χ2n) is 7.88. The second-order valence-corrected chi connectivity index (χ2v) is 9.82. The standard InChI is InChI=1S/C18H25ClN2O2S/c1-10(11-5-6-16(19)18(9-11)24(20,22)23)21-17-8-12-7-15(17)14-4-2-3-13(12)14/h5-6,9-10,12-15,17,21H,2-4,7-8H2,1H3,(H2,20,22,23)/t10?,12?,13-,14-,15?,17-/m1/s1. The van der Waals surface area contributed by atoms with E-state index >= 15 is 0 Å². The van der Waals surface area contributed by atoms with Crippen LogP contribution >= 0.6 is 11.6 Å². The lowest BCUT2D eigenvalue weighted by atomic mass is 9.79. The van der Waals surface area contributed by atoms with E-state index in [9.17, 15) is 8.42 Å². The lowest BCUT2D eigenvalue weighted by molar-refractivity contribution is 0.200. The molecule has 2 bridgehead atoms. The molecule has 0 amide bonds. The first-order valence-corrected chi connectivity index (χ1v) is 10.9. The summed E-state index contributed by atoms with van der Waals surface area (Å²) in [6.07, 6.45) is 6.88. The Kier molecular flexibility index (Phi) is 4.19. The number of hydrogen-bond donors (Lipinski definition) is 2. The second kappa shape index (κ2) is 5.97. The van der Waals surface area contributed by atoms with Gasteiger partial charge in [0.15, 0.2) is 0 Å². The quantitative estimate of drug-likeness (QED) is 0.854. The number of sulfonamides is 1. The third-order valence-corrected chi connectivity index (χ3v) is 8.05. The van der Waals surface area contributed by atoms with Crippen molar-refractivity contribution in [2.45, 2.75) is 56.0 Å². The summed E-state index contributed by atoms with van der Waals surface area (Å²) < 4.78 is 23.4. The maximum absolute atomic E-state index is 11.7. The zero-order valence-corrected chi connectivity index (χ0v) is 15.5. The molecule has 132 valence electrons. The van der Waals surface area contributed by atoms with Crippen LogP contribution in [0.2, 0.25) is 5.02 Å². The van der Waals surface area contributed by atoms with Gasteiger partial charge in [0.05, 0.1) is 5.02 Å². The van der Waals surface area contributed by atoms with Gasteiger partial charge in [-0.1, -0.05) is 24.1 Å². The van der Waals surface area contributed by atoms with E-state index in [-0.39, 0.29) is 16.0 Å². The van der Waals surface area contributed by atoms with Crippen molar-refractivity contribution in [1.82, 2.24) is 5.32 Å². The molecule has 3 N–H and O–H groups in total. The first-order valence-electron chi connectivity index (χ1n) is 8.93. The van der Waals surface area contributed by atoms with Crippen molar-refractivity contribution in [2.24, 2.45) is 28.8 Å². The van der Waals surface area contributed by atoms with Gasteiger partial charge in [0, 0.05) is 12.1 Å². The molecule has 4 rings (SSSR count).